The van der Waals surface area contributed by atoms with E-state index in [0.29, 0.717) is 10.9 Å². The van der Waals surface area contributed by atoms with Gasteiger partial charge in [-0.25, -0.2) is 8.78 Å². The van der Waals surface area contributed by atoms with E-state index < -0.39 is 17.7 Å². The van der Waals surface area contributed by atoms with Crippen molar-refractivity contribution in [1.82, 2.24) is 5.32 Å². The Balaban J connectivity index is 2.32. The van der Waals surface area contributed by atoms with Gasteiger partial charge in [-0.15, -0.1) is 11.3 Å². The van der Waals surface area contributed by atoms with Crippen LogP contribution in [0.2, 0.25) is 0 Å². The van der Waals surface area contributed by atoms with Gasteiger partial charge in [0, 0.05) is 27.4 Å². The van der Waals surface area contributed by atoms with Crippen LogP contribution in [0.1, 0.15) is 16.5 Å². The first-order chi connectivity index (χ1) is 9.01. The molecule has 0 amide bonds. The first-order valence-corrected chi connectivity index (χ1v) is 7.97. The Labute approximate surface area is 131 Å². The van der Waals surface area contributed by atoms with Crippen molar-refractivity contribution in [3.8, 4) is 0 Å². The lowest BCUT2D eigenvalue weighted by molar-refractivity contribution is 0.490. The summed E-state index contributed by atoms with van der Waals surface area (Å²) in [5, 5.41) is 2.97. The molecule has 2 aromatic rings. The lowest BCUT2D eigenvalue weighted by atomic mass is 10.0. The van der Waals surface area contributed by atoms with Gasteiger partial charge in [0.2, 0.25) is 0 Å². The van der Waals surface area contributed by atoms with Gasteiger partial charge in [0.1, 0.15) is 11.6 Å². The molecule has 0 spiro atoms. The average Bonchev–Trinajstić information content (AvgIpc) is 2.72. The van der Waals surface area contributed by atoms with Crippen molar-refractivity contribution >= 4 is 43.2 Å². The topological polar surface area (TPSA) is 12.0 Å². The van der Waals surface area contributed by atoms with Gasteiger partial charge in [-0.3, -0.25) is 0 Å². The molecule has 0 fully saturated rings. The first kappa shape index (κ1) is 15.1. The third-order valence-corrected chi connectivity index (χ3v) is 4.88. The third kappa shape index (κ3) is 3.62. The number of nitrogens with one attached hydrogen (secondary N) is 1. The van der Waals surface area contributed by atoms with Gasteiger partial charge in [-0.2, -0.15) is 0 Å². The summed E-state index contributed by atoms with van der Waals surface area (Å²) in [6.45, 7) is 0. The number of rotatable bonds is 4. The Bertz CT molecular complexity index is 563. The Morgan fingerprint density at radius 1 is 1.21 bits per heavy atom. The largest absolute Gasteiger partial charge is 0.313 e. The van der Waals surface area contributed by atoms with Gasteiger partial charge >= 0.3 is 0 Å². The lowest BCUT2D eigenvalue weighted by Crippen LogP contribution is -2.21. The molecular formula is C13H11Br2F2NS. The van der Waals surface area contributed by atoms with Crippen LogP contribution in [0.25, 0.3) is 0 Å². The maximum atomic E-state index is 13.9. The second kappa shape index (κ2) is 6.43. The van der Waals surface area contributed by atoms with E-state index in [1.807, 2.05) is 12.1 Å². The zero-order valence-corrected chi connectivity index (χ0v) is 14.0. The van der Waals surface area contributed by atoms with Crippen molar-refractivity contribution in [3.05, 3.63) is 54.6 Å². The summed E-state index contributed by atoms with van der Waals surface area (Å²) in [7, 11) is 1.70. The monoisotopic (exact) mass is 409 g/mol. The molecule has 2 rings (SSSR count). The molecule has 1 atom stereocenters. The van der Waals surface area contributed by atoms with Crippen LogP contribution in [-0.2, 0) is 6.42 Å². The fourth-order valence-electron chi connectivity index (χ4n) is 1.90. The molecule has 19 heavy (non-hydrogen) atoms. The second-order valence-corrected chi connectivity index (χ2v) is 7.50. The number of halogens is 4. The molecule has 0 saturated heterocycles. The molecule has 1 heterocycles. The lowest BCUT2D eigenvalue weighted by Gasteiger charge is -2.17. The molecule has 0 aliphatic carbocycles. The molecule has 1 unspecified atom stereocenters. The van der Waals surface area contributed by atoms with E-state index >= 15 is 0 Å². The van der Waals surface area contributed by atoms with Gasteiger partial charge in [-0.1, -0.05) is 15.9 Å². The first-order valence-electron chi connectivity index (χ1n) is 5.57. The molecule has 1 N–H and O–H groups in total. The molecule has 0 saturated carbocycles. The molecule has 1 aromatic heterocycles. The predicted octanol–water partition coefficient (Wildman–Crippen LogP) is 5.05. The van der Waals surface area contributed by atoms with E-state index in [2.05, 4.69) is 37.2 Å². The van der Waals surface area contributed by atoms with Crippen molar-refractivity contribution < 1.29 is 8.78 Å². The van der Waals surface area contributed by atoms with Crippen LogP contribution >= 0.6 is 43.2 Å². The van der Waals surface area contributed by atoms with Crippen LogP contribution in [0, 0.1) is 11.6 Å². The van der Waals surface area contributed by atoms with Crippen LogP contribution in [0.5, 0.6) is 0 Å². The molecule has 0 radical (unpaired) electrons. The van der Waals surface area contributed by atoms with Crippen molar-refractivity contribution in [2.75, 3.05) is 7.05 Å². The molecule has 0 bridgehead atoms. The molecular weight excluding hydrogens is 400 g/mol. The standard InChI is InChI=1S/C13H11Br2F2NS/c1-18-11(6-8-2-3-12(15)19-8)13-9(16)4-7(14)5-10(13)17/h2-5,11,18H,6H2,1H3. The number of hydrogen-bond donors (Lipinski definition) is 1. The highest BCUT2D eigenvalue weighted by molar-refractivity contribution is 9.11. The molecule has 0 aliphatic heterocycles. The summed E-state index contributed by atoms with van der Waals surface area (Å²) in [6, 6.07) is 6.06. The number of thiophene rings is 1. The van der Waals surface area contributed by atoms with Crippen LogP contribution in [0.15, 0.2) is 32.5 Å². The van der Waals surface area contributed by atoms with Crippen LogP contribution in [0.4, 0.5) is 8.78 Å². The van der Waals surface area contributed by atoms with Gasteiger partial charge in [0.25, 0.3) is 0 Å². The Morgan fingerprint density at radius 2 is 1.84 bits per heavy atom. The minimum absolute atomic E-state index is 0.0789. The summed E-state index contributed by atoms with van der Waals surface area (Å²) < 4.78 is 29.3. The molecule has 102 valence electrons. The van der Waals surface area contributed by atoms with Crippen LogP contribution in [0.3, 0.4) is 0 Å². The minimum atomic E-state index is -0.540. The van der Waals surface area contributed by atoms with Crippen molar-refractivity contribution in [2.24, 2.45) is 0 Å². The Hall–Kier alpha value is -0.300. The van der Waals surface area contributed by atoms with E-state index in [1.165, 1.54) is 12.1 Å². The summed E-state index contributed by atoms with van der Waals surface area (Å²) >= 11 is 8.03. The van der Waals surface area contributed by atoms with Gasteiger partial charge in [-0.05, 0) is 47.2 Å². The van der Waals surface area contributed by atoms with E-state index in [-0.39, 0.29) is 5.56 Å². The number of likely N-dealkylation sites (N-methyl/N-ethyl adjacent to an activating group) is 1. The molecule has 0 aliphatic rings. The third-order valence-electron chi connectivity index (χ3n) is 2.77. The number of benzene rings is 1. The van der Waals surface area contributed by atoms with E-state index in [9.17, 15) is 8.78 Å². The fourth-order valence-corrected chi connectivity index (χ4v) is 3.83. The Kier molecular flexibility index (Phi) is 5.11. The maximum Gasteiger partial charge on any atom is 0.132 e. The van der Waals surface area contributed by atoms with Gasteiger partial charge in [0.15, 0.2) is 0 Å². The van der Waals surface area contributed by atoms with Crippen LogP contribution < -0.4 is 5.32 Å². The highest BCUT2D eigenvalue weighted by Gasteiger charge is 2.20. The van der Waals surface area contributed by atoms with E-state index in [0.717, 1.165) is 8.66 Å². The van der Waals surface area contributed by atoms with Gasteiger partial charge in [0.05, 0.1) is 3.79 Å². The average molecular weight is 411 g/mol. The molecule has 6 heteroatoms. The van der Waals surface area contributed by atoms with E-state index in [4.69, 9.17) is 0 Å². The highest BCUT2D eigenvalue weighted by atomic mass is 79.9. The Morgan fingerprint density at radius 3 is 2.32 bits per heavy atom. The molecule has 1 nitrogen and oxygen atoms in total. The zero-order chi connectivity index (χ0) is 14.0. The van der Waals surface area contributed by atoms with Crippen molar-refractivity contribution in [2.45, 2.75) is 12.5 Å². The van der Waals surface area contributed by atoms with E-state index in [1.54, 1.807) is 18.4 Å². The quantitative estimate of drug-likeness (QED) is 0.743. The second-order valence-electron chi connectivity index (χ2n) is 4.03. The predicted molar refractivity (Wildman–Crippen MR) is 81.6 cm³/mol. The van der Waals surface area contributed by atoms with Crippen molar-refractivity contribution in [3.63, 3.8) is 0 Å². The maximum absolute atomic E-state index is 13.9. The number of hydrogen-bond acceptors (Lipinski definition) is 2. The van der Waals surface area contributed by atoms with Gasteiger partial charge < -0.3 is 5.32 Å². The normalized spacial score (nSPS) is 12.7. The summed E-state index contributed by atoms with van der Waals surface area (Å²) in [5.41, 5.74) is 0.0789. The summed E-state index contributed by atoms with van der Waals surface area (Å²) in [4.78, 5) is 1.06. The van der Waals surface area contributed by atoms with Crippen LogP contribution in [-0.4, -0.2) is 7.05 Å². The minimum Gasteiger partial charge on any atom is -0.313 e. The summed E-state index contributed by atoms with van der Waals surface area (Å²) in [6.07, 6.45) is 0.544. The molecule has 1 aromatic carbocycles. The smallest absolute Gasteiger partial charge is 0.132 e. The fraction of sp³-hybridized carbons (Fsp3) is 0.231. The highest BCUT2D eigenvalue weighted by Crippen LogP contribution is 2.30. The van der Waals surface area contributed by atoms with Crippen molar-refractivity contribution in [1.29, 1.82) is 0 Å². The SMILES string of the molecule is CNC(Cc1ccc(Br)s1)c1c(F)cc(Br)cc1F. The summed E-state index contributed by atoms with van der Waals surface area (Å²) in [5.74, 6) is -1.08. The zero-order valence-electron chi connectivity index (χ0n) is 10.0.